The summed E-state index contributed by atoms with van der Waals surface area (Å²) in [6.07, 6.45) is 14.5. The van der Waals surface area contributed by atoms with Crippen LogP contribution in [0.25, 0.3) is 0 Å². The largest absolute Gasteiger partial charge is 0.461 e. The average molecular weight is 331 g/mol. The van der Waals surface area contributed by atoms with Gasteiger partial charge in [0.05, 0.1) is 0 Å². The van der Waals surface area contributed by atoms with Crippen molar-refractivity contribution in [3.05, 3.63) is 47.1 Å². The molecule has 0 saturated heterocycles. The number of esters is 1. The van der Waals surface area contributed by atoms with E-state index in [1.54, 1.807) is 0 Å². The summed E-state index contributed by atoms with van der Waals surface area (Å²) < 4.78 is 5.19. The van der Waals surface area contributed by atoms with Gasteiger partial charge in [0, 0.05) is 6.92 Å². The fourth-order valence-electron chi connectivity index (χ4n) is 2.95. The molecule has 0 radical (unpaired) electrons. The Bertz CT molecular complexity index is 520. The van der Waals surface area contributed by atoms with Gasteiger partial charge in [-0.1, -0.05) is 41.5 Å². The number of carbonyl (C=O) groups excluding carboxylic acids is 1. The molecular weight excluding hydrogens is 296 g/mol. The van der Waals surface area contributed by atoms with Crippen LogP contribution in [0.4, 0.5) is 0 Å². The predicted molar refractivity (Wildman–Crippen MR) is 103 cm³/mol. The first-order valence-corrected chi connectivity index (χ1v) is 9.16. The maximum absolute atomic E-state index is 11.1. The predicted octanol–water partition coefficient (Wildman–Crippen LogP) is 6.31. The molecule has 134 valence electrons. The first kappa shape index (κ1) is 20.5. The Morgan fingerprint density at radius 3 is 2.42 bits per heavy atom. The van der Waals surface area contributed by atoms with Crippen LogP contribution >= 0.6 is 0 Å². The third kappa shape index (κ3) is 8.90. The van der Waals surface area contributed by atoms with Crippen LogP contribution in [0.2, 0.25) is 0 Å². The lowest BCUT2D eigenvalue weighted by atomic mass is 9.89. The summed E-state index contributed by atoms with van der Waals surface area (Å²) in [5.74, 6) is 0.380. The molecule has 0 saturated carbocycles. The zero-order chi connectivity index (χ0) is 17.9. The minimum absolute atomic E-state index is 0.205. The second kappa shape index (κ2) is 11.1. The topological polar surface area (TPSA) is 26.3 Å². The summed E-state index contributed by atoms with van der Waals surface area (Å²) in [7, 11) is 0. The zero-order valence-corrected chi connectivity index (χ0v) is 16.0. The van der Waals surface area contributed by atoms with Crippen molar-refractivity contribution in [2.45, 2.75) is 72.6 Å². The van der Waals surface area contributed by atoms with Gasteiger partial charge >= 0.3 is 5.97 Å². The molecule has 0 bridgehead atoms. The van der Waals surface area contributed by atoms with Gasteiger partial charge in [0.2, 0.25) is 0 Å². The van der Waals surface area contributed by atoms with Crippen LogP contribution in [0.3, 0.4) is 0 Å². The molecule has 0 amide bonds. The second-order valence-electron chi connectivity index (χ2n) is 7.14. The standard InChI is InChI=1S/C22H34O2/c1-17(2)22-14-12-18(3)8-6-10-21(16-24-20(5)23)11-7-9-19(4)13-15-22/h8,11,13,22H,1,6-7,9-10,12,14-16H2,2-5H3/b18-8+,19-13-,21-11-/t22-/m0/s1. The number of allylic oxidation sites excluding steroid dienone is 6. The van der Waals surface area contributed by atoms with Crippen LogP contribution < -0.4 is 0 Å². The minimum atomic E-state index is -0.205. The number of rotatable bonds is 3. The fourth-order valence-corrected chi connectivity index (χ4v) is 2.95. The highest BCUT2D eigenvalue weighted by molar-refractivity contribution is 5.66. The van der Waals surface area contributed by atoms with E-state index in [1.807, 2.05) is 0 Å². The van der Waals surface area contributed by atoms with Crippen molar-refractivity contribution in [3.63, 3.8) is 0 Å². The van der Waals surface area contributed by atoms with E-state index >= 15 is 0 Å². The van der Waals surface area contributed by atoms with Crippen LogP contribution in [0.15, 0.2) is 47.1 Å². The highest BCUT2D eigenvalue weighted by Crippen LogP contribution is 2.24. The van der Waals surface area contributed by atoms with Crippen molar-refractivity contribution in [1.29, 1.82) is 0 Å². The molecule has 2 heteroatoms. The van der Waals surface area contributed by atoms with Gasteiger partial charge in [-0.25, -0.2) is 0 Å². The van der Waals surface area contributed by atoms with Crippen molar-refractivity contribution in [1.82, 2.24) is 0 Å². The van der Waals surface area contributed by atoms with E-state index < -0.39 is 0 Å². The van der Waals surface area contributed by atoms with Crippen LogP contribution in [-0.4, -0.2) is 12.6 Å². The summed E-state index contributed by atoms with van der Waals surface area (Å²) in [6.45, 7) is 12.7. The molecule has 0 aliphatic heterocycles. The molecule has 1 rings (SSSR count). The first-order valence-electron chi connectivity index (χ1n) is 9.16. The summed E-state index contributed by atoms with van der Waals surface area (Å²) in [6, 6.07) is 0. The fraction of sp³-hybridized carbons (Fsp3) is 0.591. The molecule has 2 nitrogen and oxygen atoms in total. The van der Waals surface area contributed by atoms with E-state index in [1.165, 1.54) is 35.6 Å². The van der Waals surface area contributed by atoms with Gasteiger partial charge in [0.1, 0.15) is 6.61 Å². The Hall–Kier alpha value is -1.57. The number of carbonyl (C=O) groups is 1. The van der Waals surface area contributed by atoms with E-state index in [-0.39, 0.29) is 5.97 Å². The Balaban J connectivity index is 2.81. The highest BCUT2D eigenvalue weighted by Gasteiger charge is 2.09. The molecule has 0 aromatic carbocycles. The van der Waals surface area contributed by atoms with Gasteiger partial charge < -0.3 is 4.74 Å². The molecule has 1 atom stereocenters. The smallest absolute Gasteiger partial charge is 0.302 e. The summed E-state index contributed by atoms with van der Waals surface area (Å²) in [5.41, 5.74) is 5.42. The highest BCUT2D eigenvalue weighted by atomic mass is 16.5. The Morgan fingerprint density at radius 2 is 1.75 bits per heavy atom. The monoisotopic (exact) mass is 330 g/mol. The lowest BCUT2D eigenvalue weighted by molar-refractivity contribution is -0.140. The number of hydrogen-bond donors (Lipinski definition) is 0. The molecule has 0 spiro atoms. The molecule has 0 aromatic rings. The van der Waals surface area contributed by atoms with Crippen molar-refractivity contribution < 1.29 is 9.53 Å². The third-order valence-corrected chi connectivity index (χ3v) is 4.73. The molecule has 0 heterocycles. The Labute approximate surface area is 148 Å². The SMILES string of the molecule is C=C(C)[C@@H]1C/C=C(/C)CC/C=C(\COC(C)=O)CC/C=C(\C)CC1. The maximum Gasteiger partial charge on any atom is 0.302 e. The Morgan fingerprint density at radius 1 is 1.08 bits per heavy atom. The molecular formula is C22H34O2. The molecule has 1 aliphatic rings. The number of hydrogen-bond acceptors (Lipinski definition) is 2. The van der Waals surface area contributed by atoms with E-state index in [0.29, 0.717) is 12.5 Å². The van der Waals surface area contributed by atoms with Crippen molar-refractivity contribution in [2.24, 2.45) is 5.92 Å². The quantitative estimate of drug-likeness (QED) is 0.448. The van der Waals surface area contributed by atoms with Crippen LogP contribution in [0, 0.1) is 5.92 Å². The molecule has 0 fully saturated rings. The van der Waals surface area contributed by atoms with E-state index in [9.17, 15) is 4.79 Å². The molecule has 0 N–H and O–H groups in total. The first-order chi connectivity index (χ1) is 11.4. The van der Waals surface area contributed by atoms with Gasteiger partial charge in [-0.3, -0.25) is 4.79 Å². The summed E-state index contributed by atoms with van der Waals surface area (Å²) in [4.78, 5) is 11.1. The van der Waals surface area contributed by atoms with Crippen molar-refractivity contribution in [3.8, 4) is 0 Å². The zero-order valence-electron chi connectivity index (χ0n) is 16.0. The van der Waals surface area contributed by atoms with Gasteiger partial charge in [0.25, 0.3) is 0 Å². The molecule has 24 heavy (non-hydrogen) atoms. The third-order valence-electron chi connectivity index (χ3n) is 4.73. The van der Waals surface area contributed by atoms with Crippen LogP contribution in [0.5, 0.6) is 0 Å². The normalized spacial score (nSPS) is 27.5. The molecule has 1 aliphatic carbocycles. The summed E-state index contributed by atoms with van der Waals surface area (Å²) in [5, 5.41) is 0. The lowest BCUT2D eigenvalue weighted by Crippen LogP contribution is -2.04. The van der Waals surface area contributed by atoms with Gasteiger partial charge in [-0.15, -0.1) is 0 Å². The van der Waals surface area contributed by atoms with Crippen LogP contribution in [-0.2, 0) is 9.53 Å². The molecule has 0 aromatic heterocycles. The van der Waals surface area contributed by atoms with Gasteiger partial charge in [-0.05, 0) is 77.2 Å². The van der Waals surface area contributed by atoms with Gasteiger partial charge in [-0.2, -0.15) is 0 Å². The van der Waals surface area contributed by atoms with Gasteiger partial charge in [0.15, 0.2) is 0 Å². The summed E-state index contributed by atoms with van der Waals surface area (Å²) >= 11 is 0. The van der Waals surface area contributed by atoms with Crippen LogP contribution in [0.1, 0.15) is 72.6 Å². The van der Waals surface area contributed by atoms with E-state index in [4.69, 9.17) is 4.74 Å². The average Bonchev–Trinajstić information content (AvgIpc) is 2.50. The van der Waals surface area contributed by atoms with E-state index in [0.717, 1.165) is 38.5 Å². The minimum Gasteiger partial charge on any atom is -0.461 e. The van der Waals surface area contributed by atoms with Crippen molar-refractivity contribution in [2.75, 3.05) is 6.61 Å². The maximum atomic E-state index is 11.1. The Kier molecular flexibility index (Phi) is 9.44. The molecule has 0 unspecified atom stereocenters. The lowest BCUT2D eigenvalue weighted by Gasteiger charge is -2.16. The van der Waals surface area contributed by atoms with Crippen molar-refractivity contribution >= 4 is 5.97 Å². The number of ether oxygens (including phenoxy) is 1. The second-order valence-corrected chi connectivity index (χ2v) is 7.14. The van der Waals surface area contributed by atoms with E-state index in [2.05, 4.69) is 45.6 Å².